The van der Waals surface area contributed by atoms with Crippen molar-refractivity contribution >= 4 is 17.6 Å². The van der Waals surface area contributed by atoms with Crippen molar-refractivity contribution in [3.05, 3.63) is 35.5 Å². The summed E-state index contributed by atoms with van der Waals surface area (Å²) in [5.74, 6) is 1.22. The van der Waals surface area contributed by atoms with Gasteiger partial charge in [0.2, 0.25) is 0 Å². The molecule has 1 N–H and O–H groups in total. The lowest BCUT2D eigenvalue weighted by molar-refractivity contribution is -0.134. The highest BCUT2D eigenvalue weighted by Gasteiger charge is 2.26. The fourth-order valence-corrected chi connectivity index (χ4v) is 3.95. The average molecular weight is 485 g/mol. The normalized spacial score (nSPS) is 14.5. The van der Waals surface area contributed by atoms with Crippen LogP contribution in [0.2, 0.25) is 0 Å². The first-order chi connectivity index (χ1) is 16.4. The number of hydrogen-bond acceptors (Lipinski definition) is 5. The Labute approximate surface area is 209 Å². The van der Waals surface area contributed by atoms with Crippen LogP contribution in [0.15, 0.2) is 24.3 Å². The Balaban J connectivity index is 1.77. The zero-order valence-corrected chi connectivity index (χ0v) is 22.2. The Hall–Kier alpha value is -3.03. The van der Waals surface area contributed by atoms with Gasteiger partial charge < -0.3 is 19.7 Å². The zero-order chi connectivity index (χ0) is 25.8. The van der Waals surface area contributed by atoms with Gasteiger partial charge in [-0.25, -0.2) is 4.68 Å². The van der Waals surface area contributed by atoms with Crippen LogP contribution in [0.1, 0.15) is 83.8 Å². The molecular formula is C27H40N4O4. The molecule has 0 radical (unpaired) electrons. The van der Waals surface area contributed by atoms with Gasteiger partial charge in [0.05, 0.1) is 17.8 Å². The fraction of sp³-hybridized carbons (Fsp3) is 0.593. The molecule has 1 aromatic carbocycles. The number of ether oxygens (including phenoxy) is 2. The molecular weight excluding hydrogens is 444 g/mol. The molecule has 0 unspecified atom stereocenters. The van der Waals surface area contributed by atoms with Crippen LogP contribution in [0.3, 0.4) is 0 Å². The van der Waals surface area contributed by atoms with E-state index in [0.29, 0.717) is 29.5 Å². The highest BCUT2D eigenvalue weighted by Crippen LogP contribution is 2.31. The molecule has 0 spiro atoms. The topological polar surface area (TPSA) is 85.7 Å². The zero-order valence-electron chi connectivity index (χ0n) is 22.2. The smallest absolute Gasteiger partial charge is 0.260 e. The van der Waals surface area contributed by atoms with Gasteiger partial charge in [-0.3, -0.25) is 9.59 Å². The van der Waals surface area contributed by atoms with Gasteiger partial charge in [-0.2, -0.15) is 5.10 Å². The Morgan fingerprint density at radius 1 is 0.971 bits per heavy atom. The molecule has 35 heavy (non-hydrogen) atoms. The Kier molecular flexibility index (Phi) is 8.13. The minimum Gasteiger partial charge on any atom is -0.490 e. The van der Waals surface area contributed by atoms with E-state index in [9.17, 15) is 9.59 Å². The third-order valence-corrected chi connectivity index (χ3v) is 5.92. The van der Waals surface area contributed by atoms with Crippen molar-refractivity contribution in [2.45, 2.75) is 78.7 Å². The molecule has 0 bridgehead atoms. The van der Waals surface area contributed by atoms with E-state index in [4.69, 9.17) is 14.6 Å². The maximum atomic E-state index is 13.2. The number of amides is 2. The first-order valence-electron chi connectivity index (χ1n) is 12.5. The maximum absolute atomic E-state index is 13.2. The summed E-state index contributed by atoms with van der Waals surface area (Å²) in [4.78, 5) is 27.5. The number of rotatable bonds is 7. The Morgan fingerprint density at radius 2 is 1.66 bits per heavy atom. The lowest BCUT2D eigenvalue weighted by Gasteiger charge is -2.26. The van der Waals surface area contributed by atoms with E-state index in [2.05, 4.69) is 26.1 Å². The van der Waals surface area contributed by atoms with Gasteiger partial charge in [-0.1, -0.05) is 20.8 Å². The quantitative estimate of drug-likeness (QED) is 0.599. The van der Waals surface area contributed by atoms with Gasteiger partial charge in [-0.15, -0.1) is 0 Å². The molecule has 0 saturated carbocycles. The molecule has 2 aromatic rings. The standard InChI is InChI=1S/C27H40N4O4/c1-8-34-21-16-19(12-13-20(21)35-18-24(32)30-14-10-9-11-15-30)25(33)28-23-17-22(26(2,3)4)29-31(23)27(5,6)7/h12-13,16-17H,8-11,14-15,18H2,1-7H3,(H,28,33). The van der Waals surface area contributed by atoms with Crippen molar-refractivity contribution in [2.24, 2.45) is 0 Å². The number of nitrogens with zero attached hydrogens (tertiary/aromatic N) is 3. The number of piperidine rings is 1. The minimum absolute atomic E-state index is 0.0286. The highest BCUT2D eigenvalue weighted by atomic mass is 16.5. The van der Waals surface area contributed by atoms with Crippen molar-refractivity contribution in [3.63, 3.8) is 0 Å². The summed E-state index contributed by atoms with van der Waals surface area (Å²) in [6, 6.07) is 6.95. The van der Waals surface area contributed by atoms with E-state index in [1.807, 2.05) is 43.3 Å². The second kappa shape index (κ2) is 10.7. The second-order valence-electron chi connectivity index (χ2n) is 11.0. The SMILES string of the molecule is CCOc1cc(C(=O)Nc2cc(C(C)(C)C)nn2C(C)(C)C)ccc1OCC(=O)N1CCCCC1. The molecule has 2 heterocycles. The summed E-state index contributed by atoms with van der Waals surface area (Å²) < 4.78 is 13.4. The van der Waals surface area contributed by atoms with Gasteiger partial charge in [0.1, 0.15) is 5.82 Å². The van der Waals surface area contributed by atoms with Gasteiger partial charge in [0.25, 0.3) is 11.8 Å². The van der Waals surface area contributed by atoms with Crippen LogP contribution < -0.4 is 14.8 Å². The number of hydrogen-bond donors (Lipinski definition) is 1. The molecule has 8 heteroatoms. The Morgan fingerprint density at radius 3 is 2.26 bits per heavy atom. The molecule has 192 valence electrons. The van der Waals surface area contributed by atoms with Gasteiger partial charge >= 0.3 is 0 Å². The van der Waals surface area contributed by atoms with E-state index in [1.165, 1.54) is 0 Å². The third-order valence-electron chi connectivity index (χ3n) is 5.92. The Bertz CT molecular complexity index is 1040. The average Bonchev–Trinajstić information content (AvgIpc) is 3.24. The summed E-state index contributed by atoms with van der Waals surface area (Å²) in [7, 11) is 0. The lowest BCUT2D eigenvalue weighted by Crippen LogP contribution is -2.38. The van der Waals surface area contributed by atoms with Crippen LogP contribution in [-0.4, -0.2) is 52.8 Å². The van der Waals surface area contributed by atoms with Crippen molar-refractivity contribution in [3.8, 4) is 11.5 Å². The van der Waals surface area contributed by atoms with Crippen LogP contribution in [0, 0.1) is 0 Å². The molecule has 8 nitrogen and oxygen atoms in total. The van der Waals surface area contributed by atoms with Gasteiger partial charge in [0, 0.05) is 30.1 Å². The molecule has 0 atom stereocenters. The number of aromatic nitrogens is 2. The number of likely N-dealkylation sites (tertiary alicyclic amines) is 1. The number of anilines is 1. The minimum atomic E-state index is -0.304. The monoisotopic (exact) mass is 484 g/mol. The third kappa shape index (κ3) is 6.77. The van der Waals surface area contributed by atoms with Crippen LogP contribution in [-0.2, 0) is 15.7 Å². The lowest BCUT2D eigenvalue weighted by atomic mass is 9.92. The number of carbonyl (C=O) groups excluding carboxylic acids is 2. The molecule has 1 aliphatic rings. The van der Waals surface area contributed by atoms with Crippen molar-refractivity contribution in [2.75, 3.05) is 31.6 Å². The van der Waals surface area contributed by atoms with Gasteiger partial charge in [0.15, 0.2) is 18.1 Å². The van der Waals surface area contributed by atoms with Crippen molar-refractivity contribution in [1.82, 2.24) is 14.7 Å². The van der Waals surface area contributed by atoms with Crippen molar-refractivity contribution in [1.29, 1.82) is 0 Å². The predicted molar refractivity (Wildman–Crippen MR) is 137 cm³/mol. The summed E-state index contributed by atoms with van der Waals surface area (Å²) in [5.41, 5.74) is 0.881. The molecule has 1 fully saturated rings. The van der Waals surface area contributed by atoms with Gasteiger partial charge in [-0.05, 0) is 65.2 Å². The largest absolute Gasteiger partial charge is 0.490 e. The number of benzene rings is 1. The molecule has 1 aliphatic heterocycles. The van der Waals surface area contributed by atoms with E-state index < -0.39 is 0 Å². The number of nitrogens with one attached hydrogen (secondary N) is 1. The molecule has 2 amide bonds. The summed E-state index contributed by atoms with van der Waals surface area (Å²) in [6.45, 7) is 16.2. The van der Waals surface area contributed by atoms with E-state index >= 15 is 0 Å². The van der Waals surface area contributed by atoms with E-state index in [-0.39, 0.29) is 29.4 Å². The first kappa shape index (κ1) is 26.6. The second-order valence-corrected chi connectivity index (χ2v) is 11.0. The van der Waals surface area contributed by atoms with Crippen LogP contribution in [0.4, 0.5) is 5.82 Å². The van der Waals surface area contributed by atoms with Crippen LogP contribution in [0.25, 0.3) is 0 Å². The maximum Gasteiger partial charge on any atom is 0.260 e. The van der Waals surface area contributed by atoms with Crippen LogP contribution in [0.5, 0.6) is 11.5 Å². The van der Waals surface area contributed by atoms with Crippen molar-refractivity contribution < 1.29 is 19.1 Å². The fourth-order valence-electron chi connectivity index (χ4n) is 3.95. The van der Waals surface area contributed by atoms with E-state index in [1.54, 1.807) is 18.2 Å². The predicted octanol–water partition coefficient (Wildman–Crippen LogP) is 4.98. The summed E-state index contributed by atoms with van der Waals surface area (Å²) in [6.07, 6.45) is 3.23. The molecule has 1 aromatic heterocycles. The first-order valence-corrected chi connectivity index (χ1v) is 12.5. The molecule has 1 saturated heterocycles. The number of carbonyl (C=O) groups is 2. The highest BCUT2D eigenvalue weighted by molar-refractivity contribution is 6.04. The summed E-state index contributed by atoms with van der Waals surface area (Å²) in [5, 5.41) is 7.77. The van der Waals surface area contributed by atoms with Crippen LogP contribution >= 0.6 is 0 Å². The molecule has 0 aliphatic carbocycles. The van der Waals surface area contributed by atoms with E-state index in [0.717, 1.165) is 38.0 Å². The molecule has 3 rings (SSSR count). The summed E-state index contributed by atoms with van der Waals surface area (Å²) >= 11 is 0.